The summed E-state index contributed by atoms with van der Waals surface area (Å²) in [7, 11) is 0. The van der Waals surface area contributed by atoms with E-state index >= 15 is 0 Å². The first-order valence-corrected chi connectivity index (χ1v) is 9.10. The highest BCUT2D eigenvalue weighted by atomic mass is 16.2. The fourth-order valence-corrected chi connectivity index (χ4v) is 4.55. The van der Waals surface area contributed by atoms with Gasteiger partial charge >= 0.3 is 24.1 Å². The lowest BCUT2D eigenvalue weighted by molar-refractivity contribution is 0.173. The molecule has 0 aromatic rings. The topological polar surface area (TPSA) is 165 Å². The first-order valence-electron chi connectivity index (χ1n) is 9.10. The van der Waals surface area contributed by atoms with Crippen molar-refractivity contribution in [2.24, 2.45) is 11.8 Å². The van der Waals surface area contributed by atoms with Crippen molar-refractivity contribution in [2.75, 3.05) is 0 Å². The van der Waals surface area contributed by atoms with Gasteiger partial charge in [0.15, 0.2) is 11.3 Å². The summed E-state index contributed by atoms with van der Waals surface area (Å²) in [5.74, 6) is -0.0676. The van der Waals surface area contributed by atoms with Crippen LogP contribution in [0.5, 0.6) is 0 Å². The molecule has 0 bridgehead atoms. The second-order valence-electron chi connectivity index (χ2n) is 7.73. The Hall–Kier alpha value is -2.92. The van der Waals surface area contributed by atoms with Crippen molar-refractivity contribution in [3.05, 3.63) is 0 Å². The lowest BCUT2D eigenvalue weighted by atomic mass is 9.84. The van der Waals surface area contributed by atoms with Crippen molar-refractivity contribution in [1.82, 2.24) is 42.5 Å². The molecule has 12 heteroatoms. The molecule has 4 fully saturated rings. The fourth-order valence-electron chi connectivity index (χ4n) is 4.55. The summed E-state index contributed by atoms with van der Waals surface area (Å²) in [5.41, 5.74) is -1.71. The highest BCUT2D eigenvalue weighted by Gasteiger charge is 2.57. The molecule has 8 amide bonds. The smallest absolute Gasteiger partial charge is 0.314 e. The molecule has 4 saturated heterocycles. The van der Waals surface area contributed by atoms with E-state index in [0.717, 1.165) is 19.3 Å². The maximum absolute atomic E-state index is 11.7. The van der Waals surface area contributed by atoms with Gasteiger partial charge < -0.3 is 42.5 Å². The number of carbonyl (C=O) groups is 4. The van der Waals surface area contributed by atoms with Crippen LogP contribution in [0.25, 0.3) is 0 Å². The molecule has 0 aliphatic carbocycles. The van der Waals surface area contributed by atoms with Crippen LogP contribution >= 0.6 is 0 Å². The van der Waals surface area contributed by atoms with Crippen molar-refractivity contribution in [3.63, 3.8) is 0 Å². The third-order valence-corrected chi connectivity index (χ3v) is 6.12. The average molecular weight is 380 g/mol. The average Bonchev–Trinajstić information content (AvgIpc) is 3.22. The SMILES string of the molecule is CC(CCCC(C)[C@]12NC(=O)N[C@H]1NC(=O)N2)[C@]12NC(=O)N[C@H]1NC(=O)N2. The number of amides is 8. The number of nitrogens with one attached hydrogen (secondary N) is 8. The molecule has 4 aliphatic rings. The highest BCUT2D eigenvalue weighted by Crippen LogP contribution is 2.32. The molecule has 148 valence electrons. The van der Waals surface area contributed by atoms with E-state index in [-0.39, 0.29) is 36.0 Å². The van der Waals surface area contributed by atoms with Crippen LogP contribution in [0.4, 0.5) is 19.2 Å². The molecular weight excluding hydrogens is 356 g/mol. The Bertz CT molecular complexity index is 614. The largest absolute Gasteiger partial charge is 0.318 e. The van der Waals surface area contributed by atoms with Gasteiger partial charge in [-0.05, 0) is 12.8 Å². The zero-order valence-corrected chi connectivity index (χ0v) is 15.1. The highest BCUT2D eigenvalue weighted by molar-refractivity contribution is 5.87. The maximum atomic E-state index is 11.7. The van der Waals surface area contributed by atoms with E-state index in [1.807, 2.05) is 13.8 Å². The molecule has 2 atom stereocenters. The van der Waals surface area contributed by atoms with Crippen molar-refractivity contribution >= 4 is 24.1 Å². The first kappa shape index (κ1) is 17.5. The van der Waals surface area contributed by atoms with Crippen LogP contribution in [-0.2, 0) is 0 Å². The molecule has 4 heterocycles. The van der Waals surface area contributed by atoms with E-state index in [2.05, 4.69) is 42.5 Å². The first-order chi connectivity index (χ1) is 12.7. The summed E-state index contributed by atoms with van der Waals surface area (Å²) in [6.07, 6.45) is 1.25. The predicted octanol–water partition coefficient (Wildman–Crippen LogP) is -1.28. The molecule has 4 aliphatic heterocycles. The van der Waals surface area contributed by atoms with E-state index < -0.39 is 23.7 Å². The fraction of sp³-hybridized carbons (Fsp3) is 0.733. The van der Waals surface area contributed by atoms with Gasteiger partial charge in [0.1, 0.15) is 12.3 Å². The van der Waals surface area contributed by atoms with Gasteiger partial charge in [0.05, 0.1) is 0 Å². The Morgan fingerprint density at radius 2 is 0.963 bits per heavy atom. The van der Waals surface area contributed by atoms with Crippen molar-refractivity contribution in [2.45, 2.75) is 56.8 Å². The van der Waals surface area contributed by atoms with Gasteiger partial charge in [0.2, 0.25) is 0 Å². The number of rotatable bonds is 6. The van der Waals surface area contributed by atoms with E-state index in [9.17, 15) is 19.2 Å². The van der Waals surface area contributed by atoms with Gasteiger partial charge in [-0.3, -0.25) is 0 Å². The minimum Gasteiger partial charge on any atom is -0.314 e. The second kappa shape index (κ2) is 5.79. The molecule has 0 aromatic heterocycles. The molecule has 8 N–H and O–H groups in total. The van der Waals surface area contributed by atoms with Gasteiger partial charge in [-0.1, -0.05) is 20.3 Å². The Morgan fingerprint density at radius 3 is 1.26 bits per heavy atom. The quantitative estimate of drug-likeness (QED) is 0.288. The molecule has 12 nitrogen and oxygen atoms in total. The Balaban J connectivity index is 1.37. The lowest BCUT2D eigenvalue weighted by Crippen LogP contribution is -2.61. The predicted molar refractivity (Wildman–Crippen MR) is 91.9 cm³/mol. The molecule has 0 spiro atoms. The number of fused-ring (bicyclic) bond motifs is 2. The van der Waals surface area contributed by atoms with Crippen LogP contribution in [0.1, 0.15) is 33.1 Å². The molecule has 0 aromatic carbocycles. The minimum atomic E-state index is -0.857. The Morgan fingerprint density at radius 1 is 0.667 bits per heavy atom. The van der Waals surface area contributed by atoms with E-state index in [1.54, 1.807) is 0 Å². The monoisotopic (exact) mass is 380 g/mol. The number of hydrogen-bond acceptors (Lipinski definition) is 4. The van der Waals surface area contributed by atoms with Crippen LogP contribution in [0, 0.1) is 11.8 Å². The van der Waals surface area contributed by atoms with Crippen molar-refractivity contribution in [1.29, 1.82) is 0 Å². The van der Waals surface area contributed by atoms with Gasteiger partial charge in [-0.2, -0.15) is 0 Å². The van der Waals surface area contributed by atoms with Crippen molar-refractivity contribution in [3.8, 4) is 0 Å². The molecule has 0 radical (unpaired) electrons. The summed E-state index contributed by atoms with van der Waals surface area (Å²) in [4.78, 5) is 46.8. The lowest BCUT2D eigenvalue weighted by Gasteiger charge is -2.35. The standard InChI is InChI=1S/C15H24N8O4/c1-6(14-8(16-10(24)20-14)17-11(25)21-14)4-3-5-7(2)15-9(18-12(26)22-15)19-13(27)23-15/h6-9H,3-5H2,1-2H3,(H2,16,20,24)(H2,17,21,25)(H2,18,22,26)(H2,19,23,27)/t6?,7?,8-,9-,14+,15+. The number of carbonyl (C=O) groups excluding carboxylic acids is 4. The van der Waals surface area contributed by atoms with Gasteiger partial charge in [0, 0.05) is 11.8 Å². The molecule has 4 rings (SSSR count). The second-order valence-corrected chi connectivity index (χ2v) is 7.73. The van der Waals surface area contributed by atoms with Crippen LogP contribution in [0.3, 0.4) is 0 Å². The summed E-state index contributed by atoms with van der Waals surface area (Å²) >= 11 is 0. The Kier molecular flexibility index (Phi) is 3.75. The number of hydrogen-bond donors (Lipinski definition) is 8. The summed E-state index contributed by atoms with van der Waals surface area (Å²) in [6.45, 7) is 3.94. The zero-order chi connectivity index (χ0) is 19.4. The summed E-state index contributed by atoms with van der Waals surface area (Å²) < 4.78 is 0. The number of urea groups is 4. The molecule has 27 heavy (non-hydrogen) atoms. The Labute approximate surface area is 155 Å². The minimum absolute atomic E-state index is 0.0338. The third-order valence-electron chi connectivity index (χ3n) is 6.12. The molecule has 0 saturated carbocycles. The van der Waals surface area contributed by atoms with Crippen LogP contribution in [0.2, 0.25) is 0 Å². The third kappa shape index (κ3) is 2.58. The molecular formula is C15H24N8O4. The summed E-state index contributed by atoms with van der Waals surface area (Å²) in [6, 6.07) is -1.30. The van der Waals surface area contributed by atoms with Gasteiger partial charge in [0.25, 0.3) is 0 Å². The van der Waals surface area contributed by atoms with Crippen LogP contribution in [-0.4, -0.2) is 47.8 Å². The van der Waals surface area contributed by atoms with Gasteiger partial charge in [-0.15, -0.1) is 0 Å². The normalized spacial score (nSPS) is 38.1. The van der Waals surface area contributed by atoms with E-state index in [0.29, 0.717) is 0 Å². The molecule has 2 unspecified atom stereocenters. The summed E-state index contributed by atoms with van der Waals surface area (Å²) in [5, 5.41) is 22.1. The van der Waals surface area contributed by atoms with Crippen LogP contribution < -0.4 is 42.5 Å². The van der Waals surface area contributed by atoms with E-state index in [4.69, 9.17) is 0 Å². The van der Waals surface area contributed by atoms with Crippen molar-refractivity contribution < 1.29 is 19.2 Å². The van der Waals surface area contributed by atoms with Crippen LogP contribution in [0.15, 0.2) is 0 Å². The zero-order valence-electron chi connectivity index (χ0n) is 15.1. The maximum Gasteiger partial charge on any atom is 0.318 e. The van der Waals surface area contributed by atoms with E-state index in [1.165, 1.54) is 0 Å². The van der Waals surface area contributed by atoms with Gasteiger partial charge in [-0.25, -0.2) is 19.2 Å².